The monoisotopic (exact) mass is 471 g/mol. The first-order valence-corrected chi connectivity index (χ1v) is 11.8. The minimum atomic E-state index is -3.79. The highest BCUT2D eigenvalue weighted by Crippen LogP contribution is 2.42. The van der Waals surface area contributed by atoms with Gasteiger partial charge in [0.05, 0.1) is 10.9 Å². The smallest absolute Gasteiger partial charge is 0.244 e. The molecule has 0 aromatic heterocycles. The van der Waals surface area contributed by atoms with E-state index in [9.17, 15) is 13.5 Å². The van der Waals surface area contributed by atoms with Gasteiger partial charge >= 0.3 is 0 Å². The van der Waals surface area contributed by atoms with Crippen LogP contribution < -0.4 is 0 Å². The number of hydrogen-bond acceptors (Lipinski definition) is 3. The number of benzene rings is 3. The van der Waals surface area contributed by atoms with Crippen molar-refractivity contribution >= 4 is 26.0 Å². The molecule has 3 aromatic carbocycles. The van der Waals surface area contributed by atoms with E-state index in [0.717, 1.165) is 0 Å². The molecule has 0 spiro atoms. The van der Waals surface area contributed by atoms with Gasteiger partial charge in [-0.1, -0.05) is 72.8 Å². The number of nitrogens with zero attached hydrogens (tertiary/aromatic N) is 1. The Hall–Kier alpha value is -1.99. The summed E-state index contributed by atoms with van der Waals surface area (Å²) in [7, 11) is -3.79. The summed E-state index contributed by atoms with van der Waals surface area (Å²) in [5.74, 6) is 0. The van der Waals surface area contributed by atoms with E-state index in [1.54, 1.807) is 24.3 Å². The molecule has 4 nitrogen and oxygen atoms in total. The van der Waals surface area contributed by atoms with Gasteiger partial charge in [-0.15, -0.1) is 0 Å². The highest BCUT2D eigenvalue weighted by Gasteiger charge is 2.49. The predicted octanol–water partition coefficient (Wildman–Crippen LogP) is 4.54. The quantitative estimate of drug-likeness (QED) is 0.594. The Bertz CT molecular complexity index is 1050. The molecule has 1 fully saturated rings. The van der Waals surface area contributed by atoms with Gasteiger partial charge in [0.25, 0.3) is 0 Å². The molecule has 1 heterocycles. The predicted molar refractivity (Wildman–Crippen MR) is 117 cm³/mol. The molecule has 1 N–H and O–H groups in total. The zero-order valence-electron chi connectivity index (χ0n) is 15.8. The van der Waals surface area contributed by atoms with Crippen molar-refractivity contribution < 1.29 is 13.5 Å². The van der Waals surface area contributed by atoms with Crippen molar-refractivity contribution in [1.82, 2.24) is 4.31 Å². The number of sulfonamides is 1. The third-order valence-corrected chi connectivity index (χ3v) is 8.46. The maximum absolute atomic E-state index is 13.6. The topological polar surface area (TPSA) is 57.6 Å². The summed E-state index contributed by atoms with van der Waals surface area (Å²) < 4.78 is 29.1. The standard InChI is InChI=1S/C23H22BrNO3S/c24-20-14-7-8-15-21(20)29(27,28)25-17-9-16-22(25)23(26,18-10-3-1-4-11-18)19-12-5-2-6-13-19/h1-8,10-15,22,26H,9,16-17H2/t22-/m0/s1. The summed E-state index contributed by atoms with van der Waals surface area (Å²) in [6.45, 7) is 0.371. The zero-order valence-corrected chi connectivity index (χ0v) is 18.2. The van der Waals surface area contributed by atoms with E-state index in [4.69, 9.17) is 0 Å². The first kappa shape index (κ1) is 20.3. The molecule has 6 heteroatoms. The maximum atomic E-state index is 13.6. The minimum Gasteiger partial charge on any atom is -0.379 e. The van der Waals surface area contributed by atoms with Crippen molar-refractivity contribution in [3.63, 3.8) is 0 Å². The van der Waals surface area contributed by atoms with Gasteiger partial charge in [-0.25, -0.2) is 8.42 Å². The van der Waals surface area contributed by atoms with Crippen LogP contribution in [0, 0.1) is 0 Å². The maximum Gasteiger partial charge on any atom is 0.244 e. The molecular weight excluding hydrogens is 450 g/mol. The van der Waals surface area contributed by atoms with E-state index in [1.165, 1.54) is 4.31 Å². The van der Waals surface area contributed by atoms with Crippen molar-refractivity contribution in [2.75, 3.05) is 6.54 Å². The van der Waals surface area contributed by atoms with Crippen LogP contribution in [0.5, 0.6) is 0 Å². The molecule has 0 radical (unpaired) electrons. The molecule has 150 valence electrons. The lowest BCUT2D eigenvalue weighted by atomic mass is 9.79. The van der Waals surface area contributed by atoms with Crippen LogP contribution in [-0.4, -0.2) is 30.4 Å². The number of rotatable bonds is 5. The Morgan fingerprint density at radius 2 is 1.38 bits per heavy atom. The van der Waals surface area contributed by atoms with Gasteiger partial charge < -0.3 is 5.11 Å². The fraction of sp³-hybridized carbons (Fsp3) is 0.217. The molecule has 3 aromatic rings. The van der Waals surface area contributed by atoms with Crippen molar-refractivity contribution in [2.24, 2.45) is 0 Å². The molecule has 0 unspecified atom stereocenters. The first-order chi connectivity index (χ1) is 14.0. The molecule has 4 rings (SSSR count). The SMILES string of the molecule is O=S(=O)(c1ccccc1Br)N1CCC[C@H]1C(O)(c1ccccc1)c1ccccc1. The zero-order chi connectivity index (χ0) is 20.5. The molecule has 1 aliphatic heterocycles. The van der Waals surface area contributed by atoms with Gasteiger partial charge in [-0.2, -0.15) is 4.31 Å². The normalized spacial score (nSPS) is 18.1. The second kappa shape index (κ2) is 8.03. The van der Waals surface area contributed by atoms with Crippen molar-refractivity contribution in [2.45, 2.75) is 29.4 Å². The highest BCUT2D eigenvalue weighted by atomic mass is 79.9. The van der Waals surface area contributed by atoms with Gasteiger partial charge in [0.15, 0.2) is 0 Å². The molecular formula is C23H22BrNO3S. The molecule has 0 saturated carbocycles. The molecule has 1 atom stereocenters. The molecule has 29 heavy (non-hydrogen) atoms. The Labute approximate surface area is 180 Å². The molecule has 0 bridgehead atoms. The van der Waals surface area contributed by atoms with Crippen molar-refractivity contribution in [1.29, 1.82) is 0 Å². The average Bonchev–Trinajstić information content (AvgIpc) is 3.26. The summed E-state index contributed by atoms with van der Waals surface area (Å²) in [5, 5.41) is 12.1. The molecule has 0 aliphatic carbocycles. The van der Waals surface area contributed by atoms with E-state index >= 15 is 0 Å². The Morgan fingerprint density at radius 3 is 1.93 bits per heavy atom. The van der Waals surface area contributed by atoms with Crippen LogP contribution in [0.15, 0.2) is 94.3 Å². The van der Waals surface area contributed by atoms with Gasteiger partial charge in [-0.05, 0) is 52.0 Å². The summed E-state index contributed by atoms with van der Waals surface area (Å²) in [6, 6.07) is 24.9. The van der Waals surface area contributed by atoms with Gasteiger partial charge in [0, 0.05) is 11.0 Å². The summed E-state index contributed by atoms with van der Waals surface area (Å²) >= 11 is 3.37. The summed E-state index contributed by atoms with van der Waals surface area (Å²) in [4.78, 5) is 0.218. The van der Waals surface area contributed by atoms with E-state index in [-0.39, 0.29) is 4.90 Å². The largest absolute Gasteiger partial charge is 0.379 e. The van der Waals surface area contributed by atoms with Crippen molar-refractivity contribution in [3.8, 4) is 0 Å². The van der Waals surface area contributed by atoms with Crippen LogP contribution in [0.3, 0.4) is 0 Å². The first-order valence-electron chi connectivity index (χ1n) is 9.55. The summed E-state index contributed by atoms with van der Waals surface area (Å²) in [5.41, 5.74) is -0.0799. The molecule has 1 saturated heterocycles. The van der Waals surface area contributed by atoms with Gasteiger partial charge in [0.2, 0.25) is 10.0 Å². The summed E-state index contributed by atoms with van der Waals surface area (Å²) in [6.07, 6.45) is 1.26. The fourth-order valence-corrected chi connectivity index (χ4v) is 6.84. The molecule has 1 aliphatic rings. The van der Waals surface area contributed by atoms with Crippen LogP contribution in [0.25, 0.3) is 0 Å². The number of hydrogen-bond donors (Lipinski definition) is 1. The van der Waals surface area contributed by atoms with Gasteiger partial charge in [0.1, 0.15) is 5.60 Å². The van der Waals surface area contributed by atoms with Crippen LogP contribution in [-0.2, 0) is 15.6 Å². The second-order valence-electron chi connectivity index (χ2n) is 7.20. The lowest BCUT2D eigenvalue weighted by molar-refractivity contribution is 0.0204. The average molecular weight is 472 g/mol. The van der Waals surface area contributed by atoms with Crippen molar-refractivity contribution in [3.05, 3.63) is 101 Å². The van der Waals surface area contributed by atoms with E-state index < -0.39 is 21.7 Å². The lowest BCUT2D eigenvalue weighted by Gasteiger charge is -2.39. The van der Waals surface area contributed by atoms with E-state index in [0.29, 0.717) is 35.0 Å². The lowest BCUT2D eigenvalue weighted by Crippen LogP contribution is -2.50. The van der Waals surface area contributed by atoms with Crippen LogP contribution >= 0.6 is 15.9 Å². The van der Waals surface area contributed by atoms with Crippen LogP contribution in [0.4, 0.5) is 0 Å². The Balaban J connectivity index is 1.86. The number of aliphatic hydroxyl groups is 1. The van der Waals surface area contributed by atoms with E-state index in [1.807, 2.05) is 60.7 Å². The fourth-order valence-electron chi connectivity index (χ4n) is 4.16. The van der Waals surface area contributed by atoms with Crippen LogP contribution in [0.2, 0.25) is 0 Å². The van der Waals surface area contributed by atoms with E-state index in [2.05, 4.69) is 15.9 Å². The van der Waals surface area contributed by atoms with Crippen LogP contribution in [0.1, 0.15) is 24.0 Å². The number of halogens is 1. The highest BCUT2D eigenvalue weighted by molar-refractivity contribution is 9.10. The second-order valence-corrected chi connectivity index (χ2v) is 9.92. The molecule has 0 amide bonds. The van der Waals surface area contributed by atoms with Gasteiger partial charge in [-0.3, -0.25) is 0 Å². The Kier molecular flexibility index (Phi) is 5.62. The Morgan fingerprint density at radius 1 is 0.862 bits per heavy atom. The third kappa shape index (κ3) is 3.55. The third-order valence-electron chi connectivity index (χ3n) is 5.54. The minimum absolute atomic E-state index is 0.218.